The summed E-state index contributed by atoms with van der Waals surface area (Å²) in [6, 6.07) is 18.4. The first kappa shape index (κ1) is 19.1. The standard InChI is InChI=1S/C20H25NO4/c1-2-18(22)19(23)21-17(13-15-9-5-3-6-10-15)20(24)25-14-16-11-7-4-8-12-16/h3-12,17-18,20,22,24H,2,13-14H2,1H3,(H,21,23)/t17-,18-,20?/m0/s1. The minimum absolute atomic E-state index is 0.236. The highest BCUT2D eigenvalue weighted by atomic mass is 16.6. The number of nitrogens with one attached hydrogen (secondary N) is 1. The molecule has 3 N–H and O–H groups in total. The van der Waals surface area contributed by atoms with Crippen molar-refractivity contribution >= 4 is 5.91 Å². The molecule has 0 aliphatic heterocycles. The van der Waals surface area contributed by atoms with Gasteiger partial charge in [-0.1, -0.05) is 67.6 Å². The molecule has 0 bridgehead atoms. The van der Waals surface area contributed by atoms with E-state index in [1.165, 1.54) is 0 Å². The van der Waals surface area contributed by atoms with E-state index in [9.17, 15) is 15.0 Å². The number of aliphatic hydroxyl groups is 2. The topological polar surface area (TPSA) is 78.8 Å². The highest BCUT2D eigenvalue weighted by molar-refractivity contribution is 5.80. The average molecular weight is 343 g/mol. The molecule has 0 heterocycles. The van der Waals surface area contributed by atoms with Gasteiger partial charge in [-0.2, -0.15) is 0 Å². The molecular formula is C20H25NO4. The van der Waals surface area contributed by atoms with E-state index in [1.807, 2.05) is 60.7 Å². The molecule has 5 nitrogen and oxygen atoms in total. The van der Waals surface area contributed by atoms with Crippen molar-refractivity contribution in [1.29, 1.82) is 0 Å². The van der Waals surface area contributed by atoms with Crippen molar-refractivity contribution in [2.45, 2.75) is 44.8 Å². The zero-order chi connectivity index (χ0) is 18.1. The van der Waals surface area contributed by atoms with Gasteiger partial charge in [0.05, 0.1) is 12.6 Å². The number of hydrogen-bond acceptors (Lipinski definition) is 4. The normalized spacial score (nSPS) is 14.5. The second-order valence-electron chi connectivity index (χ2n) is 5.92. The van der Waals surface area contributed by atoms with Crippen LogP contribution in [0.15, 0.2) is 60.7 Å². The van der Waals surface area contributed by atoms with Crippen LogP contribution in [0.5, 0.6) is 0 Å². The first-order chi connectivity index (χ1) is 12.1. The molecule has 134 valence electrons. The van der Waals surface area contributed by atoms with Crippen molar-refractivity contribution in [1.82, 2.24) is 5.32 Å². The zero-order valence-electron chi connectivity index (χ0n) is 14.3. The minimum Gasteiger partial charge on any atom is -0.383 e. The Bertz CT molecular complexity index is 633. The third-order valence-corrected chi connectivity index (χ3v) is 3.92. The first-order valence-corrected chi connectivity index (χ1v) is 8.46. The van der Waals surface area contributed by atoms with Crippen molar-refractivity contribution in [3.05, 3.63) is 71.8 Å². The lowest BCUT2D eigenvalue weighted by Gasteiger charge is -2.25. The predicted octanol–water partition coefficient (Wildman–Crippen LogP) is 2.02. The van der Waals surface area contributed by atoms with Crippen LogP contribution in [0.2, 0.25) is 0 Å². The Morgan fingerprint density at radius 2 is 1.56 bits per heavy atom. The summed E-state index contributed by atoms with van der Waals surface area (Å²) in [5.74, 6) is -0.509. The Hall–Kier alpha value is -2.21. The molecule has 0 radical (unpaired) electrons. The molecule has 5 heteroatoms. The van der Waals surface area contributed by atoms with Gasteiger partial charge in [-0.25, -0.2) is 0 Å². The molecule has 2 aromatic carbocycles. The molecule has 1 unspecified atom stereocenters. The molecule has 25 heavy (non-hydrogen) atoms. The fourth-order valence-corrected chi connectivity index (χ4v) is 2.43. The number of ether oxygens (including phenoxy) is 1. The predicted molar refractivity (Wildman–Crippen MR) is 95.6 cm³/mol. The average Bonchev–Trinajstić information content (AvgIpc) is 2.66. The number of carbonyl (C=O) groups excluding carboxylic acids is 1. The monoisotopic (exact) mass is 343 g/mol. The van der Waals surface area contributed by atoms with Crippen LogP contribution in [-0.2, 0) is 22.6 Å². The van der Waals surface area contributed by atoms with Gasteiger partial charge in [0, 0.05) is 0 Å². The summed E-state index contributed by atoms with van der Waals surface area (Å²) in [6.07, 6.45) is -1.57. The number of hydrogen-bond donors (Lipinski definition) is 3. The van der Waals surface area contributed by atoms with Crippen molar-refractivity contribution < 1.29 is 19.7 Å². The van der Waals surface area contributed by atoms with Crippen LogP contribution < -0.4 is 5.32 Å². The van der Waals surface area contributed by atoms with E-state index in [2.05, 4.69) is 5.32 Å². The third-order valence-electron chi connectivity index (χ3n) is 3.92. The van der Waals surface area contributed by atoms with Crippen LogP contribution in [-0.4, -0.2) is 34.6 Å². The van der Waals surface area contributed by atoms with E-state index < -0.39 is 24.3 Å². The highest BCUT2D eigenvalue weighted by Gasteiger charge is 2.25. The molecular weight excluding hydrogens is 318 g/mol. The lowest BCUT2D eigenvalue weighted by molar-refractivity contribution is -0.145. The van der Waals surface area contributed by atoms with Crippen LogP contribution in [0.25, 0.3) is 0 Å². The zero-order valence-corrected chi connectivity index (χ0v) is 14.3. The van der Waals surface area contributed by atoms with Gasteiger partial charge in [-0.15, -0.1) is 0 Å². The van der Waals surface area contributed by atoms with E-state index in [0.29, 0.717) is 12.8 Å². The summed E-state index contributed by atoms with van der Waals surface area (Å²) < 4.78 is 5.54. The molecule has 3 atom stereocenters. The van der Waals surface area contributed by atoms with Crippen LogP contribution in [0.1, 0.15) is 24.5 Å². The minimum atomic E-state index is -1.19. The van der Waals surface area contributed by atoms with Crippen LogP contribution in [0, 0.1) is 0 Å². The smallest absolute Gasteiger partial charge is 0.249 e. The highest BCUT2D eigenvalue weighted by Crippen LogP contribution is 2.10. The summed E-state index contributed by atoms with van der Waals surface area (Å²) in [6.45, 7) is 1.96. The Kier molecular flexibility index (Phi) is 7.60. The Labute approximate surface area is 148 Å². The molecule has 0 aliphatic rings. The van der Waals surface area contributed by atoms with Gasteiger partial charge in [0.25, 0.3) is 0 Å². The van der Waals surface area contributed by atoms with Crippen molar-refractivity contribution in [2.75, 3.05) is 0 Å². The summed E-state index contributed by atoms with van der Waals surface area (Å²) >= 11 is 0. The van der Waals surface area contributed by atoms with Gasteiger partial charge in [0.2, 0.25) is 5.91 Å². The maximum Gasteiger partial charge on any atom is 0.249 e. The van der Waals surface area contributed by atoms with Gasteiger partial charge in [-0.3, -0.25) is 4.79 Å². The number of amides is 1. The van der Waals surface area contributed by atoms with Crippen LogP contribution in [0.4, 0.5) is 0 Å². The van der Waals surface area contributed by atoms with E-state index >= 15 is 0 Å². The Morgan fingerprint density at radius 3 is 2.12 bits per heavy atom. The van der Waals surface area contributed by atoms with Crippen LogP contribution in [0.3, 0.4) is 0 Å². The lowest BCUT2D eigenvalue weighted by atomic mass is 10.0. The summed E-state index contributed by atoms with van der Waals surface area (Å²) in [7, 11) is 0. The maximum absolute atomic E-state index is 12.0. The molecule has 2 rings (SSSR count). The van der Waals surface area contributed by atoms with Crippen molar-refractivity contribution in [3.8, 4) is 0 Å². The van der Waals surface area contributed by atoms with E-state index in [4.69, 9.17) is 4.74 Å². The second kappa shape index (κ2) is 9.93. The Morgan fingerprint density at radius 1 is 1.00 bits per heavy atom. The van der Waals surface area contributed by atoms with E-state index in [-0.39, 0.29) is 6.61 Å². The first-order valence-electron chi connectivity index (χ1n) is 8.46. The lowest BCUT2D eigenvalue weighted by Crippen LogP contribution is -2.49. The molecule has 1 amide bonds. The molecule has 0 aromatic heterocycles. The van der Waals surface area contributed by atoms with Gasteiger partial charge in [0.1, 0.15) is 6.10 Å². The summed E-state index contributed by atoms with van der Waals surface area (Å²) in [4.78, 5) is 12.0. The summed E-state index contributed by atoms with van der Waals surface area (Å²) in [5.41, 5.74) is 1.89. The molecule has 0 fully saturated rings. The van der Waals surface area contributed by atoms with E-state index in [0.717, 1.165) is 11.1 Å². The molecule has 2 aromatic rings. The number of aliphatic hydroxyl groups excluding tert-OH is 2. The SMILES string of the molecule is CC[C@H](O)C(=O)N[C@@H](Cc1ccccc1)C(O)OCc1ccccc1. The van der Waals surface area contributed by atoms with E-state index in [1.54, 1.807) is 6.92 Å². The summed E-state index contributed by atoms with van der Waals surface area (Å²) in [5, 5.41) is 22.8. The number of benzene rings is 2. The van der Waals surface area contributed by atoms with Gasteiger partial charge < -0.3 is 20.3 Å². The van der Waals surface area contributed by atoms with Gasteiger partial charge in [-0.05, 0) is 24.0 Å². The molecule has 0 saturated carbocycles. The van der Waals surface area contributed by atoms with Crippen LogP contribution >= 0.6 is 0 Å². The fraction of sp³-hybridized carbons (Fsp3) is 0.350. The number of carbonyl (C=O) groups is 1. The van der Waals surface area contributed by atoms with Gasteiger partial charge >= 0.3 is 0 Å². The molecule has 0 saturated heterocycles. The van der Waals surface area contributed by atoms with Crippen molar-refractivity contribution in [3.63, 3.8) is 0 Å². The maximum atomic E-state index is 12.0. The second-order valence-corrected chi connectivity index (χ2v) is 5.92. The Balaban J connectivity index is 2.02. The molecule has 0 aliphatic carbocycles. The van der Waals surface area contributed by atoms with Crippen molar-refractivity contribution in [2.24, 2.45) is 0 Å². The fourth-order valence-electron chi connectivity index (χ4n) is 2.43. The largest absolute Gasteiger partial charge is 0.383 e. The van der Waals surface area contributed by atoms with Gasteiger partial charge in [0.15, 0.2) is 6.29 Å². The number of rotatable bonds is 9. The third kappa shape index (κ3) is 6.31. The quantitative estimate of drug-likeness (QED) is 0.609. The molecule has 0 spiro atoms.